The smallest absolute Gasteiger partial charge is 0.320 e. The van der Waals surface area contributed by atoms with Crippen molar-refractivity contribution in [1.29, 1.82) is 0 Å². The third kappa shape index (κ3) is 10.3. The average Bonchev–Trinajstić information content (AvgIpc) is 2.22. The molecule has 0 bridgehead atoms. The zero-order chi connectivity index (χ0) is 11.5. The molecule has 0 aliphatic rings. The highest BCUT2D eigenvalue weighted by Gasteiger charge is 2.07. The van der Waals surface area contributed by atoms with Crippen LogP contribution in [0, 0.1) is 0 Å². The second-order valence-corrected chi connectivity index (χ2v) is 6.33. The molecule has 1 N–H and O–H groups in total. The van der Waals surface area contributed by atoms with Gasteiger partial charge in [0.05, 0.1) is 0 Å². The lowest BCUT2D eigenvalue weighted by Crippen LogP contribution is -2.24. The van der Waals surface area contributed by atoms with Gasteiger partial charge in [0.25, 0.3) is 0 Å². The summed E-state index contributed by atoms with van der Waals surface area (Å²) in [6.07, 6.45) is 2.36. The van der Waals surface area contributed by atoms with E-state index in [9.17, 15) is 0 Å². The molecule has 0 aromatic rings. The molecule has 0 atom stereocenters. The fraction of sp³-hybridized carbons (Fsp3) is 1.00. The average molecular weight is 234 g/mol. The van der Waals surface area contributed by atoms with Crippen molar-refractivity contribution in [2.24, 2.45) is 0 Å². The molecular formula is C10H26N2O2Si. The molecule has 0 saturated heterocycles. The van der Waals surface area contributed by atoms with Crippen molar-refractivity contribution < 1.29 is 8.85 Å². The van der Waals surface area contributed by atoms with Gasteiger partial charge in [-0.2, -0.15) is 0 Å². The van der Waals surface area contributed by atoms with Crippen LogP contribution in [0.3, 0.4) is 0 Å². The summed E-state index contributed by atoms with van der Waals surface area (Å²) in [5.74, 6) is 0. The van der Waals surface area contributed by atoms with Crippen LogP contribution >= 0.6 is 0 Å². The highest BCUT2D eigenvalue weighted by Crippen LogP contribution is 1.97. The monoisotopic (exact) mass is 234 g/mol. The van der Waals surface area contributed by atoms with Gasteiger partial charge in [-0.3, -0.25) is 0 Å². The van der Waals surface area contributed by atoms with Gasteiger partial charge in [0.1, 0.15) is 0 Å². The van der Waals surface area contributed by atoms with E-state index in [1.54, 1.807) is 14.2 Å². The molecule has 0 radical (unpaired) electrons. The van der Waals surface area contributed by atoms with Gasteiger partial charge in [-0.05, 0) is 52.6 Å². The number of hydrogen-bond acceptors (Lipinski definition) is 4. The van der Waals surface area contributed by atoms with Crippen molar-refractivity contribution in [2.45, 2.75) is 18.9 Å². The first kappa shape index (κ1) is 15.1. The molecule has 0 heterocycles. The summed E-state index contributed by atoms with van der Waals surface area (Å²) >= 11 is 0. The molecular weight excluding hydrogens is 208 g/mol. The number of rotatable bonds is 10. The second-order valence-electron chi connectivity index (χ2n) is 3.95. The Labute approximate surface area is 95.8 Å². The van der Waals surface area contributed by atoms with E-state index >= 15 is 0 Å². The van der Waals surface area contributed by atoms with Gasteiger partial charge >= 0.3 is 9.28 Å². The van der Waals surface area contributed by atoms with E-state index in [1.807, 2.05) is 0 Å². The fourth-order valence-electron chi connectivity index (χ4n) is 1.37. The largest absolute Gasteiger partial charge is 0.400 e. The lowest BCUT2D eigenvalue weighted by atomic mass is 10.4. The predicted molar refractivity (Wildman–Crippen MR) is 66.6 cm³/mol. The van der Waals surface area contributed by atoms with Crippen LogP contribution in [0.1, 0.15) is 12.8 Å². The molecule has 0 spiro atoms. The zero-order valence-corrected chi connectivity index (χ0v) is 11.7. The maximum Gasteiger partial charge on any atom is 0.320 e. The Balaban J connectivity index is 3.10. The fourth-order valence-corrected chi connectivity index (χ4v) is 2.57. The van der Waals surface area contributed by atoms with Crippen LogP contribution in [-0.2, 0) is 8.85 Å². The number of hydrogen-bond donors (Lipinski definition) is 1. The van der Waals surface area contributed by atoms with Gasteiger partial charge in [-0.15, -0.1) is 0 Å². The van der Waals surface area contributed by atoms with Gasteiger partial charge in [0.15, 0.2) is 0 Å². The van der Waals surface area contributed by atoms with Gasteiger partial charge in [-0.1, -0.05) is 0 Å². The molecule has 0 unspecified atom stereocenters. The topological polar surface area (TPSA) is 33.7 Å². The van der Waals surface area contributed by atoms with Crippen molar-refractivity contribution in [3.05, 3.63) is 0 Å². The maximum atomic E-state index is 5.24. The van der Waals surface area contributed by atoms with Crippen molar-refractivity contribution >= 4 is 9.28 Å². The Kier molecular flexibility index (Phi) is 10.6. The Morgan fingerprint density at radius 2 is 1.67 bits per heavy atom. The minimum Gasteiger partial charge on any atom is -0.400 e. The van der Waals surface area contributed by atoms with Crippen molar-refractivity contribution in [2.75, 3.05) is 47.9 Å². The van der Waals surface area contributed by atoms with E-state index in [0.29, 0.717) is 0 Å². The van der Waals surface area contributed by atoms with Gasteiger partial charge in [0.2, 0.25) is 0 Å². The predicted octanol–water partition coefficient (Wildman–Crippen LogP) is 0.431. The quantitative estimate of drug-likeness (QED) is 0.439. The van der Waals surface area contributed by atoms with Crippen LogP contribution in [0.4, 0.5) is 0 Å². The summed E-state index contributed by atoms with van der Waals surface area (Å²) in [5, 5.41) is 3.43. The second kappa shape index (κ2) is 10.6. The van der Waals surface area contributed by atoms with E-state index in [1.165, 1.54) is 6.42 Å². The van der Waals surface area contributed by atoms with Gasteiger partial charge in [0, 0.05) is 14.2 Å². The van der Waals surface area contributed by atoms with Crippen LogP contribution in [0.25, 0.3) is 0 Å². The van der Waals surface area contributed by atoms with Gasteiger partial charge in [-0.25, -0.2) is 0 Å². The van der Waals surface area contributed by atoms with E-state index in [4.69, 9.17) is 8.85 Å². The van der Waals surface area contributed by atoms with Crippen LogP contribution in [0.2, 0.25) is 6.04 Å². The third-order valence-electron chi connectivity index (χ3n) is 2.28. The Morgan fingerprint density at radius 3 is 2.20 bits per heavy atom. The minimum absolute atomic E-state index is 1.07. The summed E-state index contributed by atoms with van der Waals surface area (Å²) in [4.78, 5) is 2.21. The normalized spacial score (nSPS) is 11.6. The first-order valence-corrected chi connectivity index (χ1v) is 7.37. The zero-order valence-electron chi connectivity index (χ0n) is 10.6. The molecule has 92 valence electrons. The Bertz CT molecular complexity index is 133. The van der Waals surface area contributed by atoms with Crippen LogP contribution < -0.4 is 5.32 Å². The number of nitrogens with one attached hydrogen (secondary N) is 1. The molecule has 15 heavy (non-hydrogen) atoms. The SMILES string of the molecule is CO[SiH](CCCNCCCN(C)C)OC. The maximum absolute atomic E-state index is 5.24. The molecule has 5 heteroatoms. The summed E-state index contributed by atoms with van der Waals surface area (Å²) in [6.45, 7) is 3.33. The lowest BCUT2D eigenvalue weighted by Gasteiger charge is -2.11. The molecule has 0 fully saturated rings. The van der Waals surface area contributed by atoms with E-state index in [2.05, 4.69) is 24.3 Å². The molecule has 0 aromatic heterocycles. The van der Waals surface area contributed by atoms with E-state index in [-0.39, 0.29) is 0 Å². The molecule has 0 aliphatic carbocycles. The molecule has 0 aliphatic heterocycles. The third-order valence-corrected chi connectivity index (χ3v) is 4.21. The minimum atomic E-state index is -1.32. The van der Waals surface area contributed by atoms with Crippen molar-refractivity contribution in [1.82, 2.24) is 10.2 Å². The van der Waals surface area contributed by atoms with E-state index < -0.39 is 9.28 Å². The molecule has 0 saturated carbocycles. The molecule has 4 nitrogen and oxygen atoms in total. The Morgan fingerprint density at radius 1 is 1.07 bits per heavy atom. The van der Waals surface area contributed by atoms with Gasteiger partial charge < -0.3 is 19.1 Å². The highest BCUT2D eigenvalue weighted by atomic mass is 28.3. The summed E-state index contributed by atoms with van der Waals surface area (Å²) in [5.41, 5.74) is 0. The first-order chi connectivity index (χ1) is 7.20. The summed E-state index contributed by atoms with van der Waals surface area (Å²) < 4.78 is 10.5. The number of nitrogens with zero attached hydrogens (tertiary/aromatic N) is 1. The molecule has 0 rings (SSSR count). The van der Waals surface area contributed by atoms with Crippen LogP contribution in [0.5, 0.6) is 0 Å². The molecule has 0 amide bonds. The summed E-state index contributed by atoms with van der Waals surface area (Å²) in [7, 11) is 6.38. The Hall–Kier alpha value is 0.0569. The molecule has 0 aromatic carbocycles. The highest BCUT2D eigenvalue weighted by molar-refractivity contribution is 6.44. The first-order valence-electron chi connectivity index (χ1n) is 5.61. The van der Waals surface area contributed by atoms with Crippen molar-refractivity contribution in [3.8, 4) is 0 Å². The summed E-state index contributed by atoms with van der Waals surface area (Å²) in [6, 6.07) is 1.09. The van der Waals surface area contributed by atoms with E-state index in [0.717, 1.165) is 32.1 Å². The van der Waals surface area contributed by atoms with Crippen LogP contribution in [0.15, 0.2) is 0 Å². The lowest BCUT2D eigenvalue weighted by molar-refractivity contribution is 0.276. The standard InChI is InChI=1S/C10H26N2O2Si/c1-12(2)9-5-7-11-8-6-10-15(13-3)14-4/h11,15H,5-10H2,1-4H3. The van der Waals surface area contributed by atoms with Crippen molar-refractivity contribution in [3.63, 3.8) is 0 Å². The van der Waals surface area contributed by atoms with Crippen LogP contribution in [-0.4, -0.2) is 62.1 Å².